The Labute approximate surface area is 153 Å². The number of rotatable bonds is 7. The zero-order valence-corrected chi connectivity index (χ0v) is 15.3. The van der Waals surface area contributed by atoms with E-state index < -0.39 is 0 Å². The van der Waals surface area contributed by atoms with Crippen LogP contribution in [0.15, 0.2) is 36.4 Å². The zero-order chi connectivity index (χ0) is 17.5. The van der Waals surface area contributed by atoms with Crippen molar-refractivity contribution < 1.29 is 19.0 Å². The molecule has 0 unspecified atom stereocenters. The van der Waals surface area contributed by atoms with Gasteiger partial charge < -0.3 is 25.3 Å². The number of hydrogen-bond acceptors (Lipinski definition) is 5. The van der Waals surface area contributed by atoms with Gasteiger partial charge in [-0.05, 0) is 36.2 Å². The van der Waals surface area contributed by atoms with Crippen LogP contribution in [0.5, 0.6) is 17.2 Å². The van der Waals surface area contributed by atoms with Crippen LogP contribution in [-0.2, 0) is 6.42 Å². The quantitative estimate of drug-likeness (QED) is 0.736. The van der Waals surface area contributed by atoms with Gasteiger partial charge in [-0.15, -0.1) is 12.4 Å². The number of ether oxygens (including phenoxy) is 3. The van der Waals surface area contributed by atoms with E-state index in [9.17, 15) is 4.79 Å². The van der Waals surface area contributed by atoms with Crippen LogP contribution in [0, 0.1) is 0 Å². The van der Waals surface area contributed by atoms with Crippen molar-refractivity contribution in [2.45, 2.75) is 6.42 Å². The Kier molecular flexibility index (Phi) is 7.88. The Morgan fingerprint density at radius 2 is 1.56 bits per heavy atom. The van der Waals surface area contributed by atoms with E-state index in [1.807, 2.05) is 24.3 Å². The Hall–Kier alpha value is -2.60. The molecule has 2 aromatic rings. The Morgan fingerprint density at radius 3 is 2.04 bits per heavy atom. The Bertz CT molecular complexity index is 680. The molecule has 0 atom stereocenters. The summed E-state index contributed by atoms with van der Waals surface area (Å²) >= 11 is 0. The molecule has 0 saturated heterocycles. The summed E-state index contributed by atoms with van der Waals surface area (Å²) < 4.78 is 15.8. The molecular formula is C18H23ClN2O4. The van der Waals surface area contributed by atoms with E-state index in [1.165, 1.54) is 21.3 Å². The van der Waals surface area contributed by atoms with Gasteiger partial charge in [-0.2, -0.15) is 0 Å². The van der Waals surface area contributed by atoms with E-state index >= 15 is 0 Å². The number of nitrogens with one attached hydrogen (secondary N) is 1. The minimum atomic E-state index is -0.204. The van der Waals surface area contributed by atoms with Gasteiger partial charge in [-0.25, -0.2) is 0 Å². The molecule has 0 fully saturated rings. The molecule has 0 heterocycles. The highest BCUT2D eigenvalue weighted by Gasteiger charge is 2.16. The van der Waals surface area contributed by atoms with Crippen LogP contribution in [0.1, 0.15) is 15.9 Å². The number of nitrogen functional groups attached to an aromatic ring is 1. The topological polar surface area (TPSA) is 82.8 Å². The number of carbonyl (C=O) groups is 1. The van der Waals surface area contributed by atoms with Gasteiger partial charge in [0, 0.05) is 17.8 Å². The SMILES string of the molecule is COc1cc(C(=O)NCCc2ccc(N)cc2)cc(OC)c1OC.Cl. The van der Waals surface area contributed by atoms with E-state index in [4.69, 9.17) is 19.9 Å². The van der Waals surface area contributed by atoms with E-state index in [0.717, 1.165) is 17.7 Å². The summed E-state index contributed by atoms with van der Waals surface area (Å²) in [5.74, 6) is 1.14. The number of methoxy groups -OCH3 is 3. The highest BCUT2D eigenvalue weighted by atomic mass is 35.5. The number of amides is 1. The third-order valence-electron chi connectivity index (χ3n) is 3.61. The van der Waals surface area contributed by atoms with E-state index in [2.05, 4.69) is 5.32 Å². The van der Waals surface area contributed by atoms with Crippen LogP contribution in [0.4, 0.5) is 5.69 Å². The fourth-order valence-corrected chi connectivity index (χ4v) is 2.32. The van der Waals surface area contributed by atoms with E-state index in [1.54, 1.807) is 12.1 Å². The largest absolute Gasteiger partial charge is 0.493 e. The maximum absolute atomic E-state index is 12.3. The van der Waals surface area contributed by atoms with Crippen molar-refractivity contribution in [3.05, 3.63) is 47.5 Å². The molecule has 0 spiro atoms. The van der Waals surface area contributed by atoms with Gasteiger partial charge in [0.05, 0.1) is 21.3 Å². The molecule has 0 aliphatic carbocycles. The average molecular weight is 367 g/mol. The molecule has 0 bridgehead atoms. The average Bonchev–Trinajstić information content (AvgIpc) is 2.61. The standard InChI is InChI=1S/C18H22N2O4.ClH/c1-22-15-10-13(11-16(23-2)17(15)24-3)18(21)20-9-8-12-4-6-14(19)7-5-12;/h4-7,10-11H,8-9,19H2,1-3H3,(H,20,21);1H. The summed E-state index contributed by atoms with van der Waals surface area (Å²) in [5, 5.41) is 2.88. The smallest absolute Gasteiger partial charge is 0.251 e. The number of carbonyl (C=O) groups excluding carboxylic acids is 1. The molecule has 0 radical (unpaired) electrons. The summed E-state index contributed by atoms with van der Waals surface area (Å²) in [6.07, 6.45) is 0.719. The van der Waals surface area contributed by atoms with Gasteiger partial charge in [-0.3, -0.25) is 4.79 Å². The first-order valence-corrected chi connectivity index (χ1v) is 7.51. The third-order valence-corrected chi connectivity index (χ3v) is 3.61. The van der Waals surface area contributed by atoms with Crippen LogP contribution >= 0.6 is 12.4 Å². The first-order valence-electron chi connectivity index (χ1n) is 7.51. The van der Waals surface area contributed by atoms with Crippen LogP contribution in [0.3, 0.4) is 0 Å². The van der Waals surface area contributed by atoms with Gasteiger partial charge in [0.25, 0.3) is 5.91 Å². The molecule has 6 nitrogen and oxygen atoms in total. The van der Waals surface area contributed by atoms with Crippen LogP contribution in [0.2, 0.25) is 0 Å². The highest BCUT2D eigenvalue weighted by molar-refractivity contribution is 5.95. The number of nitrogens with two attached hydrogens (primary N) is 1. The molecule has 136 valence electrons. The zero-order valence-electron chi connectivity index (χ0n) is 14.5. The molecule has 0 aromatic heterocycles. The fourth-order valence-electron chi connectivity index (χ4n) is 2.32. The summed E-state index contributed by atoms with van der Waals surface area (Å²) in [4.78, 5) is 12.3. The second-order valence-corrected chi connectivity index (χ2v) is 5.16. The molecule has 2 aromatic carbocycles. The van der Waals surface area contributed by atoms with Gasteiger partial charge in [-0.1, -0.05) is 12.1 Å². The molecule has 1 amide bonds. The second-order valence-electron chi connectivity index (χ2n) is 5.16. The molecule has 7 heteroatoms. The van der Waals surface area contributed by atoms with Crippen LogP contribution < -0.4 is 25.3 Å². The number of hydrogen-bond donors (Lipinski definition) is 2. The van der Waals surface area contributed by atoms with Crippen molar-refractivity contribution >= 4 is 24.0 Å². The monoisotopic (exact) mass is 366 g/mol. The molecule has 25 heavy (non-hydrogen) atoms. The van der Waals surface area contributed by atoms with Crippen molar-refractivity contribution in [3.8, 4) is 17.2 Å². The molecule has 0 aliphatic heterocycles. The van der Waals surface area contributed by atoms with Crippen molar-refractivity contribution in [3.63, 3.8) is 0 Å². The minimum absolute atomic E-state index is 0. The highest BCUT2D eigenvalue weighted by Crippen LogP contribution is 2.38. The summed E-state index contributed by atoms with van der Waals surface area (Å²) in [5.41, 5.74) is 7.93. The van der Waals surface area contributed by atoms with Gasteiger partial charge in [0.15, 0.2) is 11.5 Å². The summed E-state index contributed by atoms with van der Waals surface area (Å²) in [6.45, 7) is 0.513. The van der Waals surface area contributed by atoms with Gasteiger partial charge in [0.1, 0.15) is 0 Å². The first-order chi connectivity index (χ1) is 11.6. The van der Waals surface area contributed by atoms with Crippen LogP contribution in [-0.4, -0.2) is 33.8 Å². The Balaban J connectivity index is 0.00000312. The lowest BCUT2D eigenvalue weighted by atomic mass is 10.1. The predicted octanol–water partition coefficient (Wildman–Crippen LogP) is 2.69. The molecule has 3 N–H and O–H groups in total. The lowest BCUT2D eigenvalue weighted by Crippen LogP contribution is -2.25. The Morgan fingerprint density at radius 1 is 1.00 bits per heavy atom. The maximum atomic E-state index is 12.3. The van der Waals surface area contributed by atoms with Gasteiger partial charge >= 0.3 is 0 Å². The normalized spacial score (nSPS) is 9.72. The molecule has 0 saturated carbocycles. The van der Waals surface area contributed by atoms with Crippen molar-refractivity contribution in [1.82, 2.24) is 5.32 Å². The molecular weight excluding hydrogens is 344 g/mol. The number of anilines is 1. The lowest BCUT2D eigenvalue weighted by Gasteiger charge is -2.14. The van der Waals surface area contributed by atoms with Crippen molar-refractivity contribution in [1.29, 1.82) is 0 Å². The van der Waals surface area contributed by atoms with Crippen molar-refractivity contribution in [2.75, 3.05) is 33.6 Å². The van der Waals surface area contributed by atoms with Gasteiger partial charge in [0.2, 0.25) is 5.75 Å². The van der Waals surface area contributed by atoms with E-state index in [-0.39, 0.29) is 18.3 Å². The maximum Gasteiger partial charge on any atom is 0.251 e. The number of halogens is 1. The predicted molar refractivity (Wildman–Crippen MR) is 100 cm³/mol. The van der Waals surface area contributed by atoms with Crippen molar-refractivity contribution in [2.24, 2.45) is 0 Å². The molecule has 2 rings (SSSR count). The summed E-state index contributed by atoms with van der Waals surface area (Å²) in [7, 11) is 4.55. The first kappa shape index (κ1) is 20.4. The van der Waals surface area contributed by atoms with E-state index in [0.29, 0.717) is 29.4 Å². The summed E-state index contributed by atoms with van der Waals surface area (Å²) in [6, 6.07) is 10.8. The number of benzene rings is 2. The lowest BCUT2D eigenvalue weighted by molar-refractivity contribution is 0.0953. The van der Waals surface area contributed by atoms with Crippen LogP contribution in [0.25, 0.3) is 0 Å². The minimum Gasteiger partial charge on any atom is -0.493 e. The fraction of sp³-hybridized carbons (Fsp3) is 0.278. The second kappa shape index (κ2) is 9.64. The molecule has 0 aliphatic rings. The third kappa shape index (κ3) is 5.19.